The van der Waals surface area contributed by atoms with Crippen LogP contribution in [0, 0.1) is 0 Å². The summed E-state index contributed by atoms with van der Waals surface area (Å²) in [5.41, 5.74) is 0.879. The highest BCUT2D eigenvalue weighted by Gasteiger charge is 2.15. The second-order valence-corrected chi connectivity index (χ2v) is 3.16. The molecular weight excluding hydrogens is 164 g/mol. The fraction of sp³-hybridized carbons (Fsp3) is 0.545. The molecule has 2 nitrogen and oxygen atoms in total. The van der Waals surface area contributed by atoms with Crippen LogP contribution >= 0.6 is 0 Å². The third-order valence-corrected chi connectivity index (χ3v) is 2.15. The summed E-state index contributed by atoms with van der Waals surface area (Å²) in [6.07, 6.45) is 6.20. The summed E-state index contributed by atoms with van der Waals surface area (Å²) in [7, 11) is 0. The summed E-state index contributed by atoms with van der Waals surface area (Å²) in [6, 6.07) is 0. The fourth-order valence-electron chi connectivity index (χ4n) is 1.46. The molecule has 0 fully saturated rings. The lowest BCUT2D eigenvalue weighted by molar-refractivity contribution is -0.115. The van der Waals surface area contributed by atoms with E-state index in [9.17, 15) is 4.79 Å². The Morgan fingerprint density at radius 3 is 2.92 bits per heavy atom. The molecule has 0 aromatic rings. The molecule has 0 amide bonds. The molecule has 0 spiro atoms. The van der Waals surface area contributed by atoms with Crippen molar-refractivity contribution in [2.75, 3.05) is 6.61 Å². The number of hydrogen-bond acceptors (Lipinski definition) is 2. The van der Waals surface area contributed by atoms with Crippen LogP contribution in [0.25, 0.3) is 0 Å². The van der Waals surface area contributed by atoms with Crippen LogP contribution in [0.15, 0.2) is 24.0 Å². The third kappa shape index (κ3) is 2.72. The first-order chi connectivity index (χ1) is 6.25. The van der Waals surface area contributed by atoms with Gasteiger partial charge < -0.3 is 4.74 Å². The van der Waals surface area contributed by atoms with Crippen molar-refractivity contribution in [3.63, 3.8) is 0 Å². The standard InChI is InChI=1S/C11H16O2/c1-3-13-9(2)11(12)10-7-5-4-6-8-10/h7H,2-6,8H2,1H3. The zero-order valence-electron chi connectivity index (χ0n) is 8.14. The summed E-state index contributed by atoms with van der Waals surface area (Å²) in [4.78, 5) is 11.6. The predicted octanol–water partition coefficient (Wildman–Crippen LogP) is 2.61. The van der Waals surface area contributed by atoms with Crippen LogP contribution in [0.3, 0.4) is 0 Å². The summed E-state index contributed by atoms with van der Waals surface area (Å²) in [5.74, 6) is 0.275. The first-order valence-corrected chi connectivity index (χ1v) is 4.81. The molecule has 0 radical (unpaired) electrons. The predicted molar refractivity (Wildman–Crippen MR) is 52.3 cm³/mol. The number of rotatable bonds is 4. The molecule has 0 heterocycles. The van der Waals surface area contributed by atoms with E-state index in [1.54, 1.807) is 0 Å². The Hall–Kier alpha value is -1.05. The van der Waals surface area contributed by atoms with Crippen LogP contribution in [-0.2, 0) is 9.53 Å². The molecule has 0 aromatic carbocycles. The quantitative estimate of drug-likeness (QED) is 0.491. The molecule has 0 unspecified atom stereocenters. The Labute approximate surface area is 79.3 Å². The van der Waals surface area contributed by atoms with Crippen LogP contribution < -0.4 is 0 Å². The Balaban J connectivity index is 2.55. The largest absolute Gasteiger partial charge is 0.490 e. The Kier molecular flexibility index (Phi) is 3.74. The number of Topliss-reactive ketones (excluding diaryl/α,β-unsaturated/α-hetero) is 1. The summed E-state index contributed by atoms with van der Waals surface area (Å²) in [6.45, 7) is 5.97. The van der Waals surface area contributed by atoms with Gasteiger partial charge in [0.25, 0.3) is 0 Å². The minimum Gasteiger partial charge on any atom is -0.490 e. The Morgan fingerprint density at radius 2 is 2.38 bits per heavy atom. The monoisotopic (exact) mass is 180 g/mol. The van der Waals surface area contributed by atoms with Crippen LogP contribution in [-0.4, -0.2) is 12.4 Å². The van der Waals surface area contributed by atoms with Crippen LogP contribution in [0.1, 0.15) is 32.6 Å². The lowest BCUT2D eigenvalue weighted by Crippen LogP contribution is -2.10. The van der Waals surface area contributed by atoms with Gasteiger partial charge in [-0.3, -0.25) is 4.79 Å². The molecule has 1 aliphatic rings. The summed E-state index contributed by atoms with van der Waals surface area (Å²) >= 11 is 0. The lowest BCUT2D eigenvalue weighted by atomic mass is 9.96. The number of allylic oxidation sites excluding steroid dienone is 2. The number of ether oxygens (including phenoxy) is 1. The maximum atomic E-state index is 11.6. The van der Waals surface area contributed by atoms with Gasteiger partial charge >= 0.3 is 0 Å². The second kappa shape index (κ2) is 4.85. The van der Waals surface area contributed by atoms with Gasteiger partial charge in [0.05, 0.1) is 6.61 Å². The highest BCUT2D eigenvalue weighted by Crippen LogP contribution is 2.20. The average Bonchev–Trinajstić information content (AvgIpc) is 2.18. The van der Waals surface area contributed by atoms with Gasteiger partial charge in [-0.2, -0.15) is 0 Å². The van der Waals surface area contributed by atoms with Gasteiger partial charge in [-0.05, 0) is 38.2 Å². The molecule has 0 aliphatic heterocycles. The molecule has 0 atom stereocenters. The van der Waals surface area contributed by atoms with Crippen molar-refractivity contribution in [3.8, 4) is 0 Å². The molecule has 0 saturated carbocycles. The summed E-state index contributed by atoms with van der Waals surface area (Å²) in [5, 5.41) is 0. The van der Waals surface area contributed by atoms with Gasteiger partial charge in [0.1, 0.15) is 0 Å². The first-order valence-electron chi connectivity index (χ1n) is 4.81. The van der Waals surface area contributed by atoms with Crippen LogP contribution in [0.2, 0.25) is 0 Å². The number of carbonyl (C=O) groups excluding carboxylic acids is 1. The molecule has 2 heteroatoms. The number of hydrogen-bond donors (Lipinski definition) is 0. The summed E-state index contributed by atoms with van der Waals surface area (Å²) < 4.78 is 5.07. The van der Waals surface area contributed by atoms with Crippen molar-refractivity contribution in [2.24, 2.45) is 0 Å². The molecule has 0 N–H and O–H groups in total. The van der Waals surface area contributed by atoms with Gasteiger partial charge in [0.2, 0.25) is 5.78 Å². The van der Waals surface area contributed by atoms with E-state index in [2.05, 4.69) is 6.58 Å². The zero-order chi connectivity index (χ0) is 9.68. The molecule has 13 heavy (non-hydrogen) atoms. The minimum atomic E-state index is -0.0125. The van der Waals surface area contributed by atoms with Crippen molar-refractivity contribution in [2.45, 2.75) is 32.6 Å². The van der Waals surface area contributed by atoms with E-state index >= 15 is 0 Å². The highest BCUT2D eigenvalue weighted by molar-refractivity contribution is 6.06. The zero-order valence-corrected chi connectivity index (χ0v) is 8.14. The Morgan fingerprint density at radius 1 is 1.62 bits per heavy atom. The molecule has 0 saturated heterocycles. The number of carbonyl (C=O) groups is 1. The van der Waals surface area contributed by atoms with Gasteiger partial charge in [0.15, 0.2) is 5.76 Å². The highest BCUT2D eigenvalue weighted by atomic mass is 16.5. The van der Waals surface area contributed by atoms with E-state index in [1.165, 1.54) is 6.42 Å². The SMILES string of the molecule is C=C(OCC)C(=O)C1=CCCCC1. The van der Waals surface area contributed by atoms with Gasteiger partial charge in [0, 0.05) is 0 Å². The topological polar surface area (TPSA) is 26.3 Å². The fourth-order valence-corrected chi connectivity index (χ4v) is 1.46. The third-order valence-electron chi connectivity index (χ3n) is 2.15. The van der Waals surface area contributed by atoms with Crippen molar-refractivity contribution in [3.05, 3.63) is 24.0 Å². The van der Waals surface area contributed by atoms with Crippen molar-refractivity contribution in [1.82, 2.24) is 0 Å². The smallest absolute Gasteiger partial charge is 0.222 e. The number of ketones is 1. The second-order valence-electron chi connectivity index (χ2n) is 3.16. The molecule has 72 valence electrons. The van der Waals surface area contributed by atoms with Crippen LogP contribution in [0.5, 0.6) is 0 Å². The first kappa shape index (κ1) is 10.0. The van der Waals surface area contributed by atoms with E-state index in [-0.39, 0.29) is 11.5 Å². The van der Waals surface area contributed by atoms with Gasteiger partial charge in [-0.1, -0.05) is 12.7 Å². The van der Waals surface area contributed by atoms with E-state index in [0.717, 1.165) is 24.8 Å². The van der Waals surface area contributed by atoms with Gasteiger partial charge in [-0.15, -0.1) is 0 Å². The van der Waals surface area contributed by atoms with Crippen molar-refractivity contribution >= 4 is 5.78 Å². The molecule has 0 aromatic heterocycles. The van der Waals surface area contributed by atoms with E-state index in [0.29, 0.717) is 6.61 Å². The van der Waals surface area contributed by atoms with E-state index in [4.69, 9.17) is 4.74 Å². The van der Waals surface area contributed by atoms with Crippen LogP contribution in [0.4, 0.5) is 0 Å². The molecule has 1 rings (SSSR count). The minimum absolute atomic E-state index is 0.0125. The maximum Gasteiger partial charge on any atom is 0.222 e. The maximum absolute atomic E-state index is 11.6. The Bertz CT molecular complexity index is 238. The van der Waals surface area contributed by atoms with Crippen molar-refractivity contribution < 1.29 is 9.53 Å². The van der Waals surface area contributed by atoms with E-state index in [1.807, 2.05) is 13.0 Å². The molecule has 0 bridgehead atoms. The van der Waals surface area contributed by atoms with Gasteiger partial charge in [-0.25, -0.2) is 0 Å². The average molecular weight is 180 g/mol. The van der Waals surface area contributed by atoms with Crippen molar-refractivity contribution in [1.29, 1.82) is 0 Å². The molecular formula is C11H16O2. The lowest BCUT2D eigenvalue weighted by Gasteiger charge is -2.12. The van der Waals surface area contributed by atoms with E-state index < -0.39 is 0 Å². The molecule has 1 aliphatic carbocycles. The normalized spacial score (nSPS) is 16.2.